The number of carboxylic acids is 1. The van der Waals surface area contributed by atoms with Crippen molar-refractivity contribution in [1.29, 1.82) is 0 Å². The first-order valence-electron chi connectivity index (χ1n) is 7.38. The van der Waals surface area contributed by atoms with Crippen molar-refractivity contribution in [2.24, 2.45) is 11.8 Å². The third-order valence-corrected chi connectivity index (χ3v) is 4.24. The maximum atomic E-state index is 13.7. The zero-order chi connectivity index (χ0) is 16.3. The molecule has 2 atom stereocenters. The normalized spacial score (nSPS) is 20.9. The average Bonchev–Trinajstić information content (AvgIpc) is 2.96. The summed E-state index contributed by atoms with van der Waals surface area (Å²) in [7, 11) is 0. The molecule has 2 rings (SSSR count). The van der Waals surface area contributed by atoms with Crippen molar-refractivity contribution in [1.82, 2.24) is 4.90 Å². The first-order valence-corrected chi connectivity index (χ1v) is 7.38. The van der Waals surface area contributed by atoms with Crippen LogP contribution in [0.25, 0.3) is 0 Å². The van der Waals surface area contributed by atoms with Crippen LogP contribution in [0.1, 0.15) is 31.7 Å². The molecule has 1 aromatic carbocycles. The summed E-state index contributed by atoms with van der Waals surface area (Å²) >= 11 is 0. The molecule has 0 aliphatic heterocycles. The highest BCUT2D eigenvalue weighted by atomic mass is 19.1. The van der Waals surface area contributed by atoms with Gasteiger partial charge >= 0.3 is 5.97 Å². The van der Waals surface area contributed by atoms with E-state index in [-0.39, 0.29) is 23.9 Å². The van der Waals surface area contributed by atoms with Crippen molar-refractivity contribution in [2.75, 3.05) is 6.54 Å². The molecule has 1 aliphatic carbocycles. The van der Waals surface area contributed by atoms with Gasteiger partial charge in [-0.3, -0.25) is 9.59 Å². The van der Waals surface area contributed by atoms with Gasteiger partial charge in [-0.1, -0.05) is 6.07 Å². The van der Waals surface area contributed by atoms with Crippen LogP contribution in [0.5, 0.6) is 0 Å². The third kappa shape index (κ3) is 3.43. The summed E-state index contributed by atoms with van der Waals surface area (Å²) in [5.74, 6) is -3.36. The van der Waals surface area contributed by atoms with Crippen LogP contribution in [0, 0.1) is 23.5 Å². The van der Waals surface area contributed by atoms with Crippen molar-refractivity contribution < 1.29 is 23.5 Å². The molecule has 1 aromatic rings. The Labute approximate surface area is 127 Å². The quantitative estimate of drug-likeness (QED) is 0.909. The molecule has 4 nitrogen and oxygen atoms in total. The molecular formula is C16H19F2NO3. The second-order valence-electron chi connectivity index (χ2n) is 5.60. The van der Waals surface area contributed by atoms with E-state index < -0.39 is 23.5 Å². The highest BCUT2D eigenvalue weighted by Crippen LogP contribution is 2.32. The third-order valence-electron chi connectivity index (χ3n) is 4.24. The van der Waals surface area contributed by atoms with Gasteiger partial charge in [0.15, 0.2) is 0 Å². The minimum Gasteiger partial charge on any atom is -0.481 e. The SMILES string of the molecule is CCN(Cc1c(F)cccc1F)C(=O)[C@@H]1CC[C@H](C(=O)O)C1. The van der Waals surface area contributed by atoms with Crippen LogP contribution in [0.4, 0.5) is 8.78 Å². The number of hydrogen-bond donors (Lipinski definition) is 1. The van der Waals surface area contributed by atoms with Crippen molar-refractivity contribution in [3.05, 3.63) is 35.4 Å². The average molecular weight is 311 g/mol. The fraction of sp³-hybridized carbons (Fsp3) is 0.500. The number of benzene rings is 1. The fourth-order valence-electron chi connectivity index (χ4n) is 2.91. The van der Waals surface area contributed by atoms with Crippen LogP contribution in [0.3, 0.4) is 0 Å². The van der Waals surface area contributed by atoms with Gasteiger partial charge in [-0.05, 0) is 38.3 Å². The van der Waals surface area contributed by atoms with Crippen LogP contribution in [0.2, 0.25) is 0 Å². The van der Waals surface area contributed by atoms with E-state index in [1.54, 1.807) is 6.92 Å². The summed E-state index contributed by atoms with van der Waals surface area (Å²) < 4.78 is 27.4. The molecule has 0 saturated heterocycles. The van der Waals surface area contributed by atoms with Gasteiger partial charge in [0, 0.05) is 18.0 Å². The lowest BCUT2D eigenvalue weighted by Gasteiger charge is -2.24. The van der Waals surface area contributed by atoms with Crippen LogP contribution in [-0.2, 0) is 16.1 Å². The number of rotatable bonds is 5. The topological polar surface area (TPSA) is 57.6 Å². The molecule has 6 heteroatoms. The summed E-state index contributed by atoms with van der Waals surface area (Å²) in [5, 5.41) is 8.99. The van der Waals surface area contributed by atoms with Gasteiger partial charge < -0.3 is 10.0 Å². The molecule has 0 bridgehead atoms. The predicted molar refractivity (Wildman–Crippen MR) is 75.9 cm³/mol. The molecule has 22 heavy (non-hydrogen) atoms. The number of carbonyl (C=O) groups is 2. The minimum absolute atomic E-state index is 0.134. The van der Waals surface area contributed by atoms with Gasteiger partial charge in [0.2, 0.25) is 5.91 Å². The second-order valence-corrected chi connectivity index (χ2v) is 5.60. The molecule has 0 aromatic heterocycles. The molecule has 0 heterocycles. The molecule has 1 amide bonds. The second kappa shape index (κ2) is 6.85. The van der Waals surface area contributed by atoms with E-state index in [0.29, 0.717) is 25.8 Å². The van der Waals surface area contributed by atoms with Gasteiger partial charge in [0.05, 0.1) is 12.5 Å². The summed E-state index contributed by atoms with van der Waals surface area (Å²) in [6, 6.07) is 3.60. The summed E-state index contributed by atoms with van der Waals surface area (Å²) in [6.07, 6.45) is 1.27. The van der Waals surface area contributed by atoms with Gasteiger partial charge in [-0.15, -0.1) is 0 Å². The molecule has 0 radical (unpaired) electrons. The highest BCUT2D eigenvalue weighted by Gasteiger charge is 2.35. The fourth-order valence-corrected chi connectivity index (χ4v) is 2.91. The summed E-state index contributed by atoms with van der Waals surface area (Å²) in [5.41, 5.74) is -0.134. The van der Waals surface area contributed by atoms with Gasteiger partial charge in [-0.25, -0.2) is 8.78 Å². The number of hydrogen-bond acceptors (Lipinski definition) is 2. The Morgan fingerprint density at radius 1 is 1.23 bits per heavy atom. The number of halogens is 2. The van der Waals surface area contributed by atoms with Crippen molar-refractivity contribution in [2.45, 2.75) is 32.7 Å². The maximum absolute atomic E-state index is 13.7. The van der Waals surface area contributed by atoms with E-state index in [4.69, 9.17) is 5.11 Å². The molecular weight excluding hydrogens is 292 g/mol. The minimum atomic E-state index is -0.890. The maximum Gasteiger partial charge on any atom is 0.306 e. The van der Waals surface area contributed by atoms with Crippen LogP contribution in [0.15, 0.2) is 18.2 Å². The number of carbonyl (C=O) groups excluding carboxylic acids is 1. The van der Waals surface area contributed by atoms with E-state index in [2.05, 4.69) is 0 Å². The lowest BCUT2D eigenvalue weighted by molar-refractivity contribution is -0.141. The number of amides is 1. The van der Waals surface area contributed by atoms with E-state index >= 15 is 0 Å². The van der Waals surface area contributed by atoms with Crippen molar-refractivity contribution in [3.63, 3.8) is 0 Å². The Balaban J connectivity index is 2.09. The zero-order valence-corrected chi connectivity index (χ0v) is 12.4. The van der Waals surface area contributed by atoms with Crippen molar-refractivity contribution in [3.8, 4) is 0 Å². The molecule has 0 spiro atoms. The first kappa shape index (κ1) is 16.4. The largest absolute Gasteiger partial charge is 0.481 e. The van der Waals surface area contributed by atoms with Crippen LogP contribution >= 0.6 is 0 Å². The Morgan fingerprint density at radius 3 is 2.32 bits per heavy atom. The predicted octanol–water partition coefficient (Wildman–Crippen LogP) is 2.81. The Bertz CT molecular complexity index is 556. The van der Waals surface area contributed by atoms with Crippen LogP contribution in [-0.4, -0.2) is 28.4 Å². The molecule has 1 saturated carbocycles. The summed E-state index contributed by atoms with van der Waals surface area (Å²) in [6.45, 7) is 1.92. The van der Waals surface area contributed by atoms with E-state index in [9.17, 15) is 18.4 Å². The number of nitrogens with zero attached hydrogens (tertiary/aromatic N) is 1. The van der Waals surface area contributed by atoms with Gasteiger partial charge in [-0.2, -0.15) is 0 Å². The summed E-state index contributed by atoms with van der Waals surface area (Å²) in [4.78, 5) is 24.8. The van der Waals surface area contributed by atoms with Gasteiger partial charge in [0.25, 0.3) is 0 Å². The smallest absolute Gasteiger partial charge is 0.306 e. The van der Waals surface area contributed by atoms with E-state index in [1.807, 2.05) is 0 Å². The molecule has 1 aliphatic rings. The molecule has 120 valence electrons. The van der Waals surface area contributed by atoms with E-state index in [1.165, 1.54) is 11.0 Å². The lowest BCUT2D eigenvalue weighted by Crippen LogP contribution is -2.35. The molecule has 0 unspecified atom stereocenters. The zero-order valence-electron chi connectivity index (χ0n) is 12.4. The first-order chi connectivity index (χ1) is 10.4. The highest BCUT2D eigenvalue weighted by molar-refractivity contribution is 5.81. The monoisotopic (exact) mass is 311 g/mol. The standard InChI is InChI=1S/C16H19F2NO3/c1-2-19(9-12-13(17)4-3-5-14(12)18)15(20)10-6-7-11(8-10)16(21)22/h3-5,10-11H,2,6-9H2,1H3,(H,21,22)/t10-,11+/m1/s1. The Hall–Kier alpha value is -1.98. The van der Waals surface area contributed by atoms with Gasteiger partial charge in [0.1, 0.15) is 11.6 Å². The Morgan fingerprint density at radius 2 is 1.82 bits per heavy atom. The van der Waals surface area contributed by atoms with E-state index in [0.717, 1.165) is 12.1 Å². The molecule has 1 N–H and O–H groups in total. The van der Waals surface area contributed by atoms with Crippen LogP contribution < -0.4 is 0 Å². The van der Waals surface area contributed by atoms with Crippen molar-refractivity contribution >= 4 is 11.9 Å². The Kier molecular flexibility index (Phi) is 5.11. The molecule has 1 fully saturated rings. The lowest BCUT2D eigenvalue weighted by atomic mass is 10.0. The number of aliphatic carboxylic acids is 1. The number of carboxylic acid groups (broad SMARTS) is 1.